The first-order valence-corrected chi connectivity index (χ1v) is 9.39. The summed E-state index contributed by atoms with van der Waals surface area (Å²) in [4.78, 5) is 25.1. The van der Waals surface area contributed by atoms with Crippen molar-refractivity contribution >= 4 is 34.7 Å². The zero-order chi connectivity index (χ0) is 19.4. The van der Waals surface area contributed by atoms with Crippen LogP contribution >= 0.6 is 22.9 Å². The van der Waals surface area contributed by atoms with E-state index in [1.54, 1.807) is 6.07 Å². The fourth-order valence-corrected chi connectivity index (χ4v) is 3.48. The lowest BCUT2D eigenvalue weighted by atomic mass is 10.1. The van der Waals surface area contributed by atoms with E-state index in [1.165, 1.54) is 36.5 Å². The first-order valence-electron chi connectivity index (χ1n) is 8.13. The Balaban J connectivity index is 1.67. The lowest BCUT2D eigenvalue weighted by Crippen LogP contribution is -2.10. The largest absolute Gasteiger partial charge is 0.462 e. The number of carbonyl (C=O) groups is 2. The summed E-state index contributed by atoms with van der Waals surface area (Å²) in [5, 5.41) is 5.71. The van der Waals surface area contributed by atoms with Gasteiger partial charge in [-0.05, 0) is 36.9 Å². The van der Waals surface area contributed by atoms with Gasteiger partial charge in [-0.3, -0.25) is 4.79 Å². The average molecular weight is 408 g/mol. The summed E-state index contributed by atoms with van der Waals surface area (Å²) < 4.78 is 24.4. The summed E-state index contributed by atoms with van der Waals surface area (Å²) in [6.45, 7) is 1.58. The minimum absolute atomic E-state index is 0.000958. The summed E-state index contributed by atoms with van der Waals surface area (Å²) in [5.41, 5.74) is -0.00214. The Morgan fingerprint density at radius 1 is 1.30 bits per heavy atom. The van der Waals surface area contributed by atoms with Crippen LogP contribution in [-0.4, -0.2) is 23.5 Å². The van der Waals surface area contributed by atoms with E-state index >= 15 is 0 Å². The molecule has 0 saturated heterocycles. The molecule has 3 rings (SSSR count). The van der Waals surface area contributed by atoms with Gasteiger partial charge in [0.1, 0.15) is 22.8 Å². The Morgan fingerprint density at radius 2 is 2.11 bits per heavy atom. The second kappa shape index (κ2) is 8.45. The van der Waals surface area contributed by atoms with Crippen molar-refractivity contribution in [3.8, 4) is 11.3 Å². The number of Topliss-reactive ketones (excluding diaryl/α,β-unsaturated/α-hetero) is 1. The average Bonchev–Trinajstić information content (AvgIpc) is 3.28. The molecule has 0 bridgehead atoms. The van der Waals surface area contributed by atoms with Crippen LogP contribution in [0.2, 0.25) is 5.02 Å². The minimum Gasteiger partial charge on any atom is -0.462 e. The van der Waals surface area contributed by atoms with Crippen LogP contribution in [0.3, 0.4) is 0 Å². The van der Waals surface area contributed by atoms with E-state index in [2.05, 4.69) is 5.16 Å². The van der Waals surface area contributed by atoms with Gasteiger partial charge in [0.15, 0.2) is 5.78 Å². The molecule has 2 heterocycles. The highest BCUT2D eigenvalue weighted by molar-refractivity contribution is 7.12. The summed E-state index contributed by atoms with van der Waals surface area (Å²) in [6, 6.07) is 7.73. The molecule has 0 aliphatic rings. The molecule has 27 heavy (non-hydrogen) atoms. The summed E-state index contributed by atoms with van der Waals surface area (Å²) in [5.74, 6) is -1.12. The molecule has 0 N–H and O–H groups in total. The lowest BCUT2D eigenvalue weighted by Gasteiger charge is -2.07. The van der Waals surface area contributed by atoms with Crippen molar-refractivity contribution in [1.82, 2.24) is 5.16 Å². The van der Waals surface area contributed by atoms with Crippen LogP contribution in [0.25, 0.3) is 11.3 Å². The van der Waals surface area contributed by atoms with Gasteiger partial charge in [-0.2, -0.15) is 0 Å². The molecule has 0 spiro atoms. The van der Waals surface area contributed by atoms with E-state index in [-0.39, 0.29) is 46.4 Å². The first-order chi connectivity index (χ1) is 13.0. The predicted molar refractivity (Wildman–Crippen MR) is 99.8 cm³/mol. The van der Waals surface area contributed by atoms with Crippen molar-refractivity contribution < 1.29 is 23.2 Å². The summed E-state index contributed by atoms with van der Waals surface area (Å²) in [6.07, 6.45) is 0.644. The van der Waals surface area contributed by atoms with Crippen molar-refractivity contribution in [2.45, 2.75) is 19.8 Å². The zero-order valence-electron chi connectivity index (χ0n) is 14.3. The number of hydrogen-bond donors (Lipinski definition) is 0. The molecule has 140 valence electrons. The molecule has 0 radical (unpaired) electrons. The van der Waals surface area contributed by atoms with Gasteiger partial charge in [0.25, 0.3) is 0 Å². The number of esters is 1. The number of ether oxygens (including phenoxy) is 1. The Labute approximate surface area is 163 Å². The van der Waals surface area contributed by atoms with Gasteiger partial charge in [0.2, 0.25) is 0 Å². The Bertz CT molecular complexity index is 948. The second-order valence-electron chi connectivity index (χ2n) is 5.70. The van der Waals surface area contributed by atoms with Crippen LogP contribution in [0.5, 0.6) is 0 Å². The van der Waals surface area contributed by atoms with Crippen molar-refractivity contribution in [2.75, 3.05) is 6.61 Å². The summed E-state index contributed by atoms with van der Waals surface area (Å²) >= 11 is 7.42. The third kappa shape index (κ3) is 4.26. The monoisotopic (exact) mass is 407 g/mol. The molecule has 0 aliphatic heterocycles. The smallest absolute Gasteiger partial charge is 0.344 e. The first kappa shape index (κ1) is 19.3. The van der Waals surface area contributed by atoms with Gasteiger partial charge >= 0.3 is 5.97 Å². The maximum absolute atomic E-state index is 14.2. The van der Waals surface area contributed by atoms with E-state index in [4.69, 9.17) is 20.9 Å². The number of hydrogen-bond acceptors (Lipinski definition) is 6. The fourth-order valence-electron chi connectivity index (χ4n) is 2.54. The highest BCUT2D eigenvalue weighted by Crippen LogP contribution is 2.33. The minimum atomic E-state index is -0.702. The number of halogens is 2. The normalized spacial score (nSPS) is 10.8. The van der Waals surface area contributed by atoms with Gasteiger partial charge in [-0.25, -0.2) is 9.18 Å². The standard InChI is InChI=1S/C19H15ClFNO4S/c1-11-16(18(22-26-11)17-12(20)5-2-6-13(17)21)19(24)25-9-3-7-14(23)15-8-4-10-27-15/h2,4-6,8,10H,3,7,9H2,1H3. The Hall–Kier alpha value is -2.51. The van der Waals surface area contributed by atoms with Crippen LogP contribution in [0, 0.1) is 12.7 Å². The molecular formula is C19H15ClFNO4S. The molecule has 1 aromatic carbocycles. The maximum atomic E-state index is 14.2. The molecule has 5 nitrogen and oxygen atoms in total. The molecular weight excluding hydrogens is 393 g/mol. The van der Waals surface area contributed by atoms with Crippen LogP contribution in [0.1, 0.15) is 38.6 Å². The van der Waals surface area contributed by atoms with E-state index in [9.17, 15) is 14.0 Å². The third-order valence-electron chi connectivity index (χ3n) is 3.84. The number of thiophene rings is 1. The molecule has 0 amide bonds. The van der Waals surface area contributed by atoms with E-state index in [1.807, 2.05) is 11.4 Å². The van der Waals surface area contributed by atoms with E-state index < -0.39 is 11.8 Å². The molecule has 8 heteroatoms. The van der Waals surface area contributed by atoms with Crippen LogP contribution in [0.4, 0.5) is 4.39 Å². The number of rotatable bonds is 7. The Morgan fingerprint density at radius 3 is 2.81 bits per heavy atom. The van der Waals surface area contributed by atoms with Crippen LogP contribution in [0.15, 0.2) is 40.2 Å². The molecule has 0 aliphatic carbocycles. The van der Waals surface area contributed by atoms with Gasteiger partial charge in [0.05, 0.1) is 22.1 Å². The van der Waals surface area contributed by atoms with Gasteiger partial charge < -0.3 is 9.26 Å². The van der Waals surface area contributed by atoms with Crippen LogP contribution in [-0.2, 0) is 4.74 Å². The number of aryl methyl sites for hydroxylation is 1. The van der Waals surface area contributed by atoms with Gasteiger partial charge in [0, 0.05) is 6.42 Å². The van der Waals surface area contributed by atoms with Crippen molar-refractivity contribution in [2.24, 2.45) is 0 Å². The second-order valence-corrected chi connectivity index (χ2v) is 7.05. The third-order valence-corrected chi connectivity index (χ3v) is 5.07. The summed E-state index contributed by atoms with van der Waals surface area (Å²) in [7, 11) is 0. The Kier molecular flexibility index (Phi) is 6.03. The number of benzene rings is 1. The fraction of sp³-hybridized carbons (Fsp3) is 0.211. The zero-order valence-corrected chi connectivity index (χ0v) is 15.9. The molecule has 0 saturated carbocycles. The van der Waals surface area contributed by atoms with E-state index in [0.29, 0.717) is 11.3 Å². The molecule has 2 aromatic heterocycles. The number of aromatic nitrogens is 1. The molecule has 0 fully saturated rings. The molecule has 0 atom stereocenters. The number of nitrogens with zero attached hydrogens (tertiary/aromatic N) is 1. The van der Waals surface area contributed by atoms with Gasteiger partial charge in [-0.1, -0.05) is 28.9 Å². The lowest BCUT2D eigenvalue weighted by molar-refractivity contribution is 0.0493. The predicted octanol–water partition coefficient (Wildman–Crippen LogP) is 5.32. The van der Waals surface area contributed by atoms with Crippen molar-refractivity contribution in [3.05, 3.63) is 62.8 Å². The SMILES string of the molecule is Cc1onc(-c2c(F)cccc2Cl)c1C(=O)OCCCC(=O)c1cccs1. The van der Waals surface area contributed by atoms with E-state index in [0.717, 1.165) is 0 Å². The quantitative estimate of drug-likeness (QED) is 0.301. The van der Waals surface area contributed by atoms with Crippen molar-refractivity contribution in [3.63, 3.8) is 0 Å². The van der Waals surface area contributed by atoms with Crippen molar-refractivity contribution in [1.29, 1.82) is 0 Å². The molecule has 0 unspecified atom stereocenters. The van der Waals surface area contributed by atoms with Gasteiger partial charge in [-0.15, -0.1) is 11.3 Å². The maximum Gasteiger partial charge on any atom is 0.344 e. The van der Waals surface area contributed by atoms with Crippen LogP contribution < -0.4 is 0 Å². The highest BCUT2D eigenvalue weighted by Gasteiger charge is 2.26. The number of carbonyl (C=O) groups excluding carboxylic acids is 2. The molecule has 3 aromatic rings. The number of ketones is 1. The topological polar surface area (TPSA) is 69.4 Å². The highest BCUT2D eigenvalue weighted by atomic mass is 35.5.